The predicted octanol–water partition coefficient (Wildman–Crippen LogP) is 2.61. The molecule has 0 spiro atoms. The summed E-state index contributed by atoms with van der Waals surface area (Å²) in [5.74, 6) is 0. The molecule has 0 saturated carbocycles. The lowest BCUT2D eigenvalue weighted by molar-refractivity contribution is 0.587. The number of hydrogen-bond acceptors (Lipinski definition) is 3. The third kappa shape index (κ3) is 3.56. The SMILES string of the molecule is Cc1ccc(S(=O)(=O)NNc2cccc(C)c2)cc1. The first kappa shape index (κ1) is 13.6. The van der Waals surface area contributed by atoms with Crippen molar-refractivity contribution >= 4 is 15.7 Å². The molecule has 4 nitrogen and oxygen atoms in total. The van der Waals surface area contributed by atoms with Crippen molar-refractivity contribution in [3.63, 3.8) is 0 Å². The van der Waals surface area contributed by atoms with Crippen LogP contribution in [0.15, 0.2) is 53.4 Å². The Morgan fingerprint density at radius 2 is 1.58 bits per heavy atom. The molecule has 100 valence electrons. The summed E-state index contributed by atoms with van der Waals surface area (Å²) in [6.45, 7) is 3.86. The number of anilines is 1. The maximum Gasteiger partial charge on any atom is 0.257 e. The van der Waals surface area contributed by atoms with Gasteiger partial charge in [-0.3, -0.25) is 0 Å². The van der Waals surface area contributed by atoms with Crippen LogP contribution in [0.1, 0.15) is 11.1 Å². The van der Waals surface area contributed by atoms with Gasteiger partial charge in [-0.05, 0) is 43.7 Å². The Balaban J connectivity index is 2.12. The van der Waals surface area contributed by atoms with Crippen molar-refractivity contribution in [2.75, 3.05) is 5.43 Å². The second-order valence-electron chi connectivity index (χ2n) is 4.41. The monoisotopic (exact) mass is 276 g/mol. The van der Waals surface area contributed by atoms with Crippen LogP contribution in [0.3, 0.4) is 0 Å². The summed E-state index contributed by atoms with van der Waals surface area (Å²) in [5.41, 5.74) is 5.48. The highest BCUT2D eigenvalue weighted by molar-refractivity contribution is 7.89. The van der Waals surface area contributed by atoms with Gasteiger partial charge < -0.3 is 5.43 Å². The minimum absolute atomic E-state index is 0.234. The molecule has 0 bridgehead atoms. The van der Waals surface area contributed by atoms with Gasteiger partial charge in [-0.15, -0.1) is 4.83 Å². The van der Waals surface area contributed by atoms with Crippen LogP contribution in [0.2, 0.25) is 0 Å². The molecule has 2 N–H and O–H groups in total. The third-order valence-corrected chi connectivity index (χ3v) is 3.94. The van der Waals surface area contributed by atoms with Gasteiger partial charge in [0.2, 0.25) is 0 Å². The van der Waals surface area contributed by atoms with Crippen molar-refractivity contribution in [2.24, 2.45) is 0 Å². The van der Waals surface area contributed by atoms with Gasteiger partial charge in [0.25, 0.3) is 10.0 Å². The summed E-state index contributed by atoms with van der Waals surface area (Å²) < 4.78 is 24.1. The van der Waals surface area contributed by atoms with Crippen LogP contribution in [0, 0.1) is 13.8 Å². The van der Waals surface area contributed by atoms with E-state index in [0.29, 0.717) is 5.69 Å². The molecule has 0 amide bonds. The molecule has 0 aliphatic carbocycles. The number of hydrazine groups is 1. The average molecular weight is 276 g/mol. The highest BCUT2D eigenvalue weighted by Crippen LogP contribution is 2.12. The Kier molecular flexibility index (Phi) is 3.87. The van der Waals surface area contributed by atoms with Crippen molar-refractivity contribution < 1.29 is 8.42 Å². The number of hydrogen-bond donors (Lipinski definition) is 2. The number of aryl methyl sites for hydroxylation is 2. The Morgan fingerprint density at radius 3 is 2.21 bits per heavy atom. The van der Waals surface area contributed by atoms with E-state index in [9.17, 15) is 8.42 Å². The molecular weight excluding hydrogens is 260 g/mol. The molecule has 0 radical (unpaired) electrons. The van der Waals surface area contributed by atoms with Crippen molar-refractivity contribution in [1.82, 2.24) is 4.83 Å². The molecule has 0 aromatic heterocycles. The Labute approximate surface area is 113 Å². The molecular formula is C14H16N2O2S. The molecule has 0 heterocycles. The summed E-state index contributed by atoms with van der Waals surface area (Å²) >= 11 is 0. The molecule has 2 rings (SSSR count). The van der Waals surface area contributed by atoms with Gasteiger partial charge in [0.1, 0.15) is 0 Å². The second-order valence-corrected chi connectivity index (χ2v) is 6.10. The fourth-order valence-corrected chi connectivity index (χ4v) is 2.49. The molecule has 0 unspecified atom stereocenters. The van der Waals surface area contributed by atoms with Gasteiger partial charge in [-0.1, -0.05) is 29.8 Å². The Hall–Kier alpha value is -1.85. The van der Waals surface area contributed by atoms with Crippen LogP contribution < -0.4 is 10.3 Å². The molecule has 0 fully saturated rings. The summed E-state index contributed by atoms with van der Waals surface area (Å²) in [5, 5.41) is 0. The van der Waals surface area contributed by atoms with E-state index in [-0.39, 0.29) is 4.90 Å². The molecule has 5 heteroatoms. The number of rotatable bonds is 4. The first-order valence-corrected chi connectivity index (χ1v) is 7.37. The maximum absolute atomic E-state index is 12.0. The fraction of sp³-hybridized carbons (Fsp3) is 0.143. The molecule has 0 atom stereocenters. The standard InChI is InChI=1S/C14H16N2O2S/c1-11-6-8-14(9-7-11)19(17,18)16-15-13-5-3-4-12(2)10-13/h3-10,15-16H,1-2H3. The molecule has 0 aliphatic rings. The van der Waals surface area contributed by atoms with E-state index in [2.05, 4.69) is 10.3 Å². The van der Waals surface area contributed by atoms with E-state index in [1.165, 1.54) is 0 Å². The van der Waals surface area contributed by atoms with Crippen LogP contribution >= 0.6 is 0 Å². The van der Waals surface area contributed by atoms with Gasteiger partial charge in [-0.25, -0.2) is 8.42 Å². The normalized spacial score (nSPS) is 11.3. The average Bonchev–Trinajstić information content (AvgIpc) is 2.37. The summed E-state index contributed by atoms with van der Waals surface area (Å²) in [4.78, 5) is 2.59. The van der Waals surface area contributed by atoms with E-state index in [4.69, 9.17) is 0 Å². The van der Waals surface area contributed by atoms with E-state index >= 15 is 0 Å². The van der Waals surface area contributed by atoms with Crippen LogP contribution in [-0.2, 0) is 10.0 Å². The summed E-state index contributed by atoms with van der Waals surface area (Å²) in [6, 6.07) is 14.1. The van der Waals surface area contributed by atoms with Gasteiger partial charge in [0.15, 0.2) is 0 Å². The second kappa shape index (κ2) is 5.42. The highest BCUT2D eigenvalue weighted by atomic mass is 32.2. The molecule has 19 heavy (non-hydrogen) atoms. The smallest absolute Gasteiger partial charge is 0.257 e. The highest BCUT2D eigenvalue weighted by Gasteiger charge is 2.12. The van der Waals surface area contributed by atoms with E-state index in [1.54, 1.807) is 30.3 Å². The quantitative estimate of drug-likeness (QED) is 0.844. The van der Waals surface area contributed by atoms with Crippen molar-refractivity contribution in [3.05, 3.63) is 59.7 Å². The summed E-state index contributed by atoms with van der Waals surface area (Å²) in [7, 11) is -3.55. The lowest BCUT2D eigenvalue weighted by Gasteiger charge is -2.10. The first-order chi connectivity index (χ1) is 8.97. The zero-order valence-electron chi connectivity index (χ0n) is 10.8. The lowest BCUT2D eigenvalue weighted by Crippen LogP contribution is -2.29. The first-order valence-electron chi connectivity index (χ1n) is 5.88. The van der Waals surface area contributed by atoms with Gasteiger partial charge in [0, 0.05) is 0 Å². The molecule has 2 aromatic carbocycles. The Bertz CT molecular complexity index is 664. The van der Waals surface area contributed by atoms with E-state index in [0.717, 1.165) is 11.1 Å². The van der Waals surface area contributed by atoms with Crippen molar-refractivity contribution in [1.29, 1.82) is 0 Å². The fourth-order valence-electron chi connectivity index (χ4n) is 1.63. The van der Waals surface area contributed by atoms with Gasteiger partial charge in [-0.2, -0.15) is 0 Å². The van der Waals surface area contributed by atoms with Crippen LogP contribution in [0.4, 0.5) is 5.69 Å². The van der Waals surface area contributed by atoms with Crippen molar-refractivity contribution in [3.8, 4) is 0 Å². The zero-order valence-corrected chi connectivity index (χ0v) is 11.7. The largest absolute Gasteiger partial charge is 0.308 e. The van der Waals surface area contributed by atoms with Crippen molar-refractivity contribution in [2.45, 2.75) is 18.7 Å². The molecule has 2 aromatic rings. The number of nitrogens with one attached hydrogen (secondary N) is 2. The van der Waals surface area contributed by atoms with E-state index < -0.39 is 10.0 Å². The molecule has 0 saturated heterocycles. The Morgan fingerprint density at radius 1 is 0.895 bits per heavy atom. The maximum atomic E-state index is 12.0. The number of sulfonamides is 1. The van der Waals surface area contributed by atoms with Crippen LogP contribution in [0.5, 0.6) is 0 Å². The third-order valence-electron chi connectivity index (χ3n) is 2.68. The van der Waals surface area contributed by atoms with Gasteiger partial charge in [0.05, 0.1) is 10.6 Å². The number of benzene rings is 2. The molecule has 0 aliphatic heterocycles. The zero-order chi connectivity index (χ0) is 13.9. The van der Waals surface area contributed by atoms with Crippen LogP contribution in [0.25, 0.3) is 0 Å². The lowest BCUT2D eigenvalue weighted by atomic mass is 10.2. The minimum Gasteiger partial charge on any atom is -0.308 e. The minimum atomic E-state index is -3.55. The summed E-state index contributed by atoms with van der Waals surface area (Å²) in [6.07, 6.45) is 0. The van der Waals surface area contributed by atoms with Crippen LogP contribution in [-0.4, -0.2) is 8.42 Å². The predicted molar refractivity (Wildman–Crippen MR) is 76.3 cm³/mol. The van der Waals surface area contributed by atoms with Gasteiger partial charge >= 0.3 is 0 Å². The topological polar surface area (TPSA) is 58.2 Å². The van der Waals surface area contributed by atoms with E-state index in [1.807, 2.05) is 32.0 Å².